The van der Waals surface area contributed by atoms with Gasteiger partial charge >= 0.3 is 0 Å². The van der Waals surface area contributed by atoms with E-state index in [1.807, 2.05) is 0 Å². The largest absolute Gasteiger partial charge is 0.454 e. The number of hydrogen-bond acceptors (Lipinski definition) is 5. The van der Waals surface area contributed by atoms with Crippen molar-refractivity contribution in [2.24, 2.45) is 5.92 Å². The van der Waals surface area contributed by atoms with Crippen LogP contribution in [0.5, 0.6) is 11.5 Å². The average Bonchev–Trinajstić information content (AvgIpc) is 3.17. The summed E-state index contributed by atoms with van der Waals surface area (Å²) in [6.45, 7) is 2.25. The third-order valence-electron chi connectivity index (χ3n) is 5.46. The Morgan fingerprint density at radius 2 is 1.83 bits per heavy atom. The molecule has 1 saturated carbocycles. The van der Waals surface area contributed by atoms with Crippen LogP contribution in [0, 0.1) is 5.92 Å². The highest BCUT2D eigenvalue weighted by atomic mass is 32.2. The first-order valence-electron chi connectivity index (χ1n) is 9.76. The Morgan fingerprint density at radius 3 is 2.66 bits per heavy atom. The molecular formula is C21H24N2O5S. The molecule has 7 nitrogen and oxygen atoms in total. The van der Waals surface area contributed by atoms with Gasteiger partial charge in [-0.2, -0.15) is 0 Å². The van der Waals surface area contributed by atoms with Gasteiger partial charge in [0.1, 0.15) is 0 Å². The van der Waals surface area contributed by atoms with Gasteiger partial charge < -0.3 is 14.8 Å². The topological polar surface area (TPSA) is 93.7 Å². The first-order chi connectivity index (χ1) is 13.9. The molecule has 0 unspecified atom stereocenters. The molecule has 2 atom stereocenters. The summed E-state index contributed by atoms with van der Waals surface area (Å²) in [6, 6.07) is 11.0. The van der Waals surface area contributed by atoms with Crippen LogP contribution in [0.15, 0.2) is 47.4 Å². The van der Waals surface area contributed by atoms with Gasteiger partial charge in [-0.25, -0.2) is 8.42 Å². The molecule has 2 aromatic carbocycles. The van der Waals surface area contributed by atoms with E-state index in [0.29, 0.717) is 28.7 Å². The molecule has 2 aromatic rings. The molecule has 2 aliphatic rings. The van der Waals surface area contributed by atoms with E-state index in [4.69, 9.17) is 9.47 Å². The molecule has 2 N–H and O–H groups in total. The summed E-state index contributed by atoms with van der Waals surface area (Å²) >= 11 is 0. The van der Waals surface area contributed by atoms with Crippen molar-refractivity contribution in [2.45, 2.75) is 43.5 Å². The molecule has 0 saturated heterocycles. The zero-order valence-corrected chi connectivity index (χ0v) is 17.0. The van der Waals surface area contributed by atoms with E-state index >= 15 is 0 Å². The van der Waals surface area contributed by atoms with Crippen LogP contribution in [0.25, 0.3) is 0 Å². The smallest absolute Gasteiger partial charge is 0.261 e. The molecule has 0 radical (unpaired) electrons. The summed E-state index contributed by atoms with van der Waals surface area (Å²) in [4.78, 5) is 12.7. The maximum atomic E-state index is 12.8. The number of rotatable bonds is 5. The molecule has 1 heterocycles. The predicted octanol–water partition coefficient (Wildman–Crippen LogP) is 3.52. The fraction of sp³-hybridized carbons (Fsp3) is 0.381. The highest BCUT2D eigenvalue weighted by molar-refractivity contribution is 7.92. The SMILES string of the molecule is C[C@@H]1CCCC[C@@H]1NC(=O)c1cccc(S(=O)(=O)Nc2ccc3c(c2)OCO3)c1. The summed E-state index contributed by atoms with van der Waals surface area (Å²) in [7, 11) is -3.86. The Balaban J connectivity index is 1.50. The maximum Gasteiger partial charge on any atom is 0.261 e. The molecular weight excluding hydrogens is 392 g/mol. The van der Waals surface area contributed by atoms with Crippen molar-refractivity contribution in [1.82, 2.24) is 5.32 Å². The Bertz CT molecular complexity index is 1020. The molecule has 1 aliphatic carbocycles. The van der Waals surface area contributed by atoms with Crippen LogP contribution in [-0.4, -0.2) is 27.2 Å². The Labute approximate surface area is 170 Å². The van der Waals surface area contributed by atoms with Crippen LogP contribution >= 0.6 is 0 Å². The van der Waals surface area contributed by atoms with Crippen LogP contribution in [0.2, 0.25) is 0 Å². The van der Waals surface area contributed by atoms with E-state index in [-0.39, 0.29) is 23.6 Å². The zero-order valence-electron chi connectivity index (χ0n) is 16.2. The minimum absolute atomic E-state index is 0.0273. The van der Waals surface area contributed by atoms with Crippen LogP contribution in [0.4, 0.5) is 5.69 Å². The van der Waals surface area contributed by atoms with Crippen LogP contribution in [0.1, 0.15) is 43.0 Å². The van der Waals surface area contributed by atoms with Crippen molar-refractivity contribution in [3.63, 3.8) is 0 Å². The standard InChI is InChI=1S/C21H24N2O5S/c1-14-5-2-3-8-18(14)22-21(24)15-6-4-7-17(11-15)29(25,26)23-16-9-10-19-20(12-16)28-13-27-19/h4,6-7,9-12,14,18,23H,2-3,5,8,13H2,1H3,(H,22,24)/t14-,18+/m1/s1. The van der Waals surface area contributed by atoms with E-state index in [2.05, 4.69) is 17.0 Å². The number of sulfonamides is 1. The second-order valence-electron chi connectivity index (χ2n) is 7.54. The number of fused-ring (bicyclic) bond motifs is 1. The van der Waals surface area contributed by atoms with E-state index in [1.54, 1.807) is 30.3 Å². The zero-order chi connectivity index (χ0) is 20.4. The molecule has 1 amide bonds. The van der Waals surface area contributed by atoms with E-state index in [1.165, 1.54) is 18.6 Å². The van der Waals surface area contributed by atoms with E-state index < -0.39 is 10.0 Å². The number of benzene rings is 2. The summed E-state index contributed by atoms with van der Waals surface area (Å²) in [5, 5.41) is 3.06. The Hall–Kier alpha value is -2.74. The first kappa shape index (κ1) is 19.6. The summed E-state index contributed by atoms with van der Waals surface area (Å²) < 4.78 is 38.6. The molecule has 1 fully saturated rings. The van der Waals surface area contributed by atoms with Crippen LogP contribution in [0.3, 0.4) is 0 Å². The van der Waals surface area contributed by atoms with Crippen molar-refractivity contribution in [1.29, 1.82) is 0 Å². The molecule has 29 heavy (non-hydrogen) atoms. The monoisotopic (exact) mass is 416 g/mol. The second kappa shape index (κ2) is 7.94. The number of carbonyl (C=O) groups excluding carboxylic acids is 1. The third-order valence-corrected chi connectivity index (χ3v) is 6.84. The fourth-order valence-corrected chi connectivity index (χ4v) is 4.86. The molecule has 1 aliphatic heterocycles. The van der Waals surface area contributed by atoms with Gasteiger partial charge in [0.15, 0.2) is 11.5 Å². The van der Waals surface area contributed by atoms with Gasteiger partial charge in [0, 0.05) is 17.7 Å². The van der Waals surface area contributed by atoms with Crippen LogP contribution in [-0.2, 0) is 10.0 Å². The van der Waals surface area contributed by atoms with E-state index in [9.17, 15) is 13.2 Å². The molecule has 0 spiro atoms. The van der Waals surface area contributed by atoms with Crippen molar-refractivity contribution in [3.8, 4) is 11.5 Å². The summed E-state index contributed by atoms with van der Waals surface area (Å²) in [5.74, 6) is 1.24. The normalized spacial score (nSPS) is 20.9. The maximum absolute atomic E-state index is 12.8. The number of nitrogens with one attached hydrogen (secondary N) is 2. The highest BCUT2D eigenvalue weighted by Gasteiger charge is 2.24. The molecule has 4 rings (SSSR count). The first-order valence-corrected chi connectivity index (χ1v) is 11.2. The highest BCUT2D eigenvalue weighted by Crippen LogP contribution is 2.34. The number of ether oxygens (including phenoxy) is 2. The number of anilines is 1. The van der Waals surface area contributed by atoms with E-state index in [0.717, 1.165) is 19.3 Å². The number of carbonyl (C=O) groups is 1. The number of amides is 1. The third kappa shape index (κ3) is 4.32. The van der Waals surface area contributed by atoms with Gasteiger partial charge in [0.25, 0.3) is 15.9 Å². The van der Waals surface area contributed by atoms with Crippen LogP contribution < -0.4 is 19.5 Å². The van der Waals surface area contributed by atoms with Crippen molar-refractivity contribution < 1.29 is 22.7 Å². The Kier molecular flexibility index (Phi) is 5.36. The quantitative estimate of drug-likeness (QED) is 0.778. The van der Waals surface area contributed by atoms with Gasteiger partial charge in [-0.15, -0.1) is 0 Å². The van der Waals surface area contributed by atoms with Gasteiger partial charge in [-0.05, 0) is 49.1 Å². The predicted molar refractivity (Wildman–Crippen MR) is 109 cm³/mol. The number of hydrogen-bond donors (Lipinski definition) is 2. The van der Waals surface area contributed by atoms with Gasteiger partial charge in [0.2, 0.25) is 6.79 Å². The van der Waals surface area contributed by atoms with Gasteiger partial charge in [-0.1, -0.05) is 25.8 Å². The Morgan fingerprint density at radius 1 is 1.03 bits per heavy atom. The van der Waals surface area contributed by atoms with Gasteiger partial charge in [-0.3, -0.25) is 9.52 Å². The lowest BCUT2D eigenvalue weighted by atomic mass is 9.86. The van der Waals surface area contributed by atoms with Crippen molar-refractivity contribution in [2.75, 3.05) is 11.5 Å². The van der Waals surface area contributed by atoms with Gasteiger partial charge in [0.05, 0.1) is 10.6 Å². The molecule has 154 valence electrons. The lowest BCUT2D eigenvalue weighted by molar-refractivity contribution is 0.0910. The van der Waals surface area contributed by atoms with Crippen molar-refractivity contribution in [3.05, 3.63) is 48.0 Å². The average molecular weight is 416 g/mol. The lowest BCUT2D eigenvalue weighted by Gasteiger charge is -2.29. The summed E-state index contributed by atoms with van der Waals surface area (Å²) in [5.41, 5.74) is 0.691. The molecule has 8 heteroatoms. The minimum atomic E-state index is -3.86. The second-order valence-corrected chi connectivity index (χ2v) is 9.23. The lowest BCUT2D eigenvalue weighted by Crippen LogP contribution is -2.41. The molecule has 0 bridgehead atoms. The fourth-order valence-electron chi connectivity index (χ4n) is 3.76. The summed E-state index contributed by atoms with van der Waals surface area (Å²) in [6.07, 6.45) is 4.34. The van der Waals surface area contributed by atoms with Crippen molar-refractivity contribution >= 4 is 21.6 Å². The minimum Gasteiger partial charge on any atom is -0.454 e. The molecule has 0 aromatic heterocycles.